The number of ether oxygens (including phenoxy) is 2. The molecule has 66 heavy (non-hydrogen) atoms. The van der Waals surface area contributed by atoms with E-state index in [1.165, 1.54) is 17.6 Å². The molecular formula is C46H43N9O10S. The minimum atomic E-state index is -3.58. The maximum absolute atomic E-state index is 13.3. The lowest BCUT2D eigenvalue weighted by molar-refractivity contribution is -0.136. The molecule has 19 nitrogen and oxygen atoms in total. The number of fused-ring (bicyclic) bond motifs is 2. The molecule has 1 unspecified atom stereocenters. The van der Waals surface area contributed by atoms with Gasteiger partial charge >= 0.3 is 0 Å². The quantitative estimate of drug-likeness (QED) is 0.0609. The zero-order chi connectivity index (χ0) is 46.5. The van der Waals surface area contributed by atoms with Crippen LogP contribution in [0.1, 0.15) is 64.6 Å². The number of anilines is 2. The van der Waals surface area contributed by atoms with Gasteiger partial charge in [0.25, 0.3) is 17.4 Å². The zero-order valence-corrected chi connectivity index (χ0v) is 36.6. The molecule has 0 radical (unpaired) electrons. The number of imide groups is 2. The number of hydrogen-bond donors (Lipinski definition) is 4. The Bertz CT molecular complexity index is 3160. The van der Waals surface area contributed by atoms with Gasteiger partial charge in [-0.2, -0.15) is 0 Å². The molecule has 1 atom stereocenters. The number of H-pyrrole nitrogens is 1. The van der Waals surface area contributed by atoms with E-state index in [1.54, 1.807) is 91.0 Å². The number of amides is 5. The lowest BCUT2D eigenvalue weighted by Crippen LogP contribution is -2.54. The van der Waals surface area contributed by atoms with Crippen LogP contribution in [0.5, 0.6) is 11.5 Å². The second kappa shape index (κ2) is 19.1. The summed E-state index contributed by atoms with van der Waals surface area (Å²) >= 11 is 0. The van der Waals surface area contributed by atoms with Crippen LogP contribution in [0.2, 0.25) is 0 Å². The highest BCUT2D eigenvalue weighted by Gasteiger charge is 2.45. The third kappa shape index (κ3) is 9.76. The predicted molar refractivity (Wildman–Crippen MR) is 241 cm³/mol. The number of aryl methyl sites for hydroxylation is 2. The number of carbonyl (C=O) groups is 5. The summed E-state index contributed by atoms with van der Waals surface area (Å²) in [5.41, 5.74) is 3.45. The van der Waals surface area contributed by atoms with Gasteiger partial charge in [0, 0.05) is 78.0 Å². The summed E-state index contributed by atoms with van der Waals surface area (Å²) in [6, 6.07) is 17.2. The summed E-state index contributed by atoms with van der Waals surface area (Å²) in [5, 5.41) is 14.1. The lowest BCUT2D eigenvalue weighted by atomic mass is 10.0. The molecule has 5 amide bonds. The Morgan fingerprint density at radius 2 is 1.79 bits per heavy atom. The van der Waals surface area contributed by atoms with Crippen molar-refractivity contribution < 1.29 is 41.9 Å². The van der Waals surface area contributed by atoms with Crippen LogP contribution < -0.4 is 25.7 Å². The molecule has 3 aromatic carbocycles. The largest absolute Gasteiger partial charge is 0.457 e. The van der Waals surface area contributed by atoms with E-state index in [-0.39, 0.29) is 60.8 Å². The summed E-state index contributed by atoms with van der Waals surface area (Å²) in [4.78, 5) is 80.0. The van der Waals surface area contributed by atoms with Crippen LogP contribution in [-0.4, -0.2) is 92.4 Å². The Kier molecular flexibility index (Phi) is 12.9. The highest BCUT2D eigenvalue weighted by Crippen LogP contribution is 2.39. The molecule has 0 spiro atoms. The van der Waals surface area contributed by atoms with E-state index in [9.17, 15) is 37.2 Å². The van der Waals surface area contributed by atoms with Gasteiger partial charge in [0.05, 0.1) is 35.7 Å². The first-order chi connectivity index (χ1) is 31.8. The molecule has 5 heterocycles. The van der Waals surface area contributed by atoms with Crippen molar-refractivity contribution in [1.82, 2.24) is 34.8 Å². The summed E-state index contributed by atoms with van der Waals surface area (Å²) in [7, 11) is -1.96. The average molecular weight is 914 g/mol. The van der Waals surface area contributed by atoms with Crippen LogP contribution in [0.15, 0.2) is 90.1 Å². The number of benzene rings is 3. The average Bonchev–Trinajstić information content (AvgIpc) is 4.03. The smallest absolute Gasteiger partial charge is 0.274 e. The van der Waals surface area contributed by atoms with Crippen molar-refractivity contribution in [2.75, 3.05) is 29.0 Å². The molecule has 1 fully saturated rings. The van der Waals surface area contributed by atoms with Crippen molar-refractivity contribution in [3.8, 4) is 34.5 Å². The molecule has 0 saturated carbocycles. The molecule has 6 aromatic rings. The van der Waals surface area contributed by atoms with Crippen molar-refractivity contribution in [3.63, 3.8) is 0 Å². The Morgan fingerprint density at radius 3 is 2.61 bits per heavy atom. The van der Waals surface area contributed by atoms with Gasteiger partial charge in [-0.1, -0.05) is 29.2 Å². The topological polar surface area (TPSA) is 246 Å². The molecule has 2 aliphatic heterocycles. The molecule has 0 bridgehead atoms. The van der Waals surface area contributed by atoms with Gasteiger partial charge in [0.2, 0.25) is 27.7 Å². The summed E-state index contributed by atoms with van der Waals surface area (Å²) in [5.74, 6) is 3.86. The van der Waals surface area contributed by atoms with Gasteiger partial charge in [0.15, 0.2) is 0 Å². The van der Waals surface area contributed by atoms with Crippen molar-refractivity contribution in [1.29, 1.82) is 0 Å². The molecule has 338 valence electrons. The van der Waals surface area contributed by atoms with E-state index >= 15 is 0 Å². The molecule has 2 aliphatic rings. The fourth-order valence-electron chi connectivity index (χ4n) is 7.64. The lowest BCUT2D eigenvalue weighted by Gasteiger charge is -2.27. The van der Waals surface area contributed by atoms with Gasteiger partial charge in [-0.3, -0.25) is 43.7 Å². The second-order valence-electron chi connectivity index (χ2n) is 15.5. The highest BCUT2D eigenvalue weighted by molar-refractivity contribution is 7.92. The second-order valence-corrected chi connectivity index (χ2v) is 17.5. The highest BCUT2D eigenvalue weighted by atomic mass is 32.2. The first-order valence-corrected chi connectivity index (χ1v) is 22.6. The number of nitrogens with one attached hydrogen (secondary N) is 4. The van der Waals surface area contributed by atoms with E-state index in [1.807, 2.05) is 0 Å². The molecule has 8 rings (SSSR count). The van der Waals surface area contributed by atoms with Crippen molar-refractivity contribution in [2.24, 2.45) is 7.05 Å². The van der Waals surface area contributed by atoms with Gasteiger partial charge in [-0.05, 0) is 74.7 Å². The van der Waals surface area contributed by atoms with Crippen LogP contribution >= 0.6 is 0 Å². The number of carbonyl (C=O) groups excluding carboxylic acids is 5. The van der Waals surface area contributed by atoms with E-state index in [0.29, 0.717) is 75.5 Å². The van der Waals surface area contributed by atoms with Gasteiger partial charge in [0.1, 0.15) is 29.7 Å². The maximum atomic E-state index is 13.3. The Labute approximate surface area is 377 Å². The summed E-state index contributed by atoms with van der Waals surface area (Å²) in [6.07, 6.45) is 6.39. The fraction of sp³-hybridized carbons (Fsp3) is 0.261. The SMILES string of the molecule is CCS(=O)(=O)Nc1ccc(Oc2cccc(NC(=O)CCCc3cn(CCOCC#Cc4cccc5c4C(=O)N(C4CCC(=O)NC4=O)C5=O)nn3)c2)c(-c2cn(C)c(=O)c3[nH]ccc23)c1. The summed E-state index contributed by atoms with van der Waals surface area (Å²) in [6.45, 7) is 2.21. The number of hydrogen-bond acceptors (Lipinski definition) is 12. The number of piperidine rings is 1. The molecule has 0 aliphatic carbocycles. The van der Waals surface area contributed by atoms with E-state index in [2.05, 4.69) is 42.5 Å². The standard InChI is InChI=1S/C46H43N9O10S/c1-3-66(62,63)51-30-15-17-38(35(25-30)36-27-53(2)46(61)42-33(36)19-20-47-42)65-32-12-5-10-29(24-32)48-39(56)14-6-11-31-26-54(52-50-31)21-23-64-22-7-9-28-8-4-13-34-41(28)45(60)55(44(34)59)37-16-18-40(57)49-43(37)58/h4-5,8,10,12-13,15,17,19-20,24-27,37,47,51H,3,6,11,14,16,18,21-23H2,1-2H3,(H,48,56)(H,49,57,58). The molecule has 20 heteroatoms. The molecular weight excluding hydrogens is 871 g/mol. The van der Waals surface area contributed by atoms with Crippen LogP contribution in [0.25, 0.3) is 22.0 Å². The van der Waals surface area contributed by atoms with Crippen molar-refractivity contribution >= 4 is 61.8 Å². The van der Waals surface area contributed by atoms with Gasteiger partial charge in [-0.15, -0.1) is 5.10 Å². The summed E-state index contributed by atoms with van der Waals surface area (Å²) < 4.78 is 42.5. The molecule has 4 N–H and O–H groups in total. The Morgan fingerprint density at radius 1 is 0.955 bits per heavy atom. The van der Waals surface area contributed by atoms with Crippen molar-refractivity contribution in [3.05, 3.63) is 118 Å². The Hall–Kier alpha value is -7.89. The number of sulfonamides is 1. The van der Waals surface area contributed by atoms with Crippen LogP contribution in [-0.2, 0) is 49.2 Å². The number of aromatic amines is 1. The first kappa shape index (κ1) is 44.7. The predicted octanol–water partition coefficient (Wildman–Crippen LogP) is 4.11. The normalized spacial score (nSPS) is 14.8. The Balaban J connectivity index is 0.816. The minimum absolute atomic E-state index is 0.0263. The monoisotopic (exact) mass is 913 g/mol. The number of rotatable bonds is 16. The maximum Gasteiger partial charge on any atom is 0.274 e. The number of nitrogens with zero attached hydrogens (tertiary/aromatic N) is 5. The van der Waals surface area contributed by atoms with Crippen LogP contribution in [0.3, 0.4) is 0 Å². The van der Waals surface area contributed by atoms with Gasteiger partial charge in [-0.25, -0.2) is 13.1 Å². The molecule has 1 saturated heterocycles. The van der Waals surface area contributed by atoms with Crippen LogP contribution in [0, 0.1) is 11.8 Å². The fourth-order valence-corrected chi connectivity index (χ4v) is 8.27. The van der Waals surface area contributed by atoms with E-state index in [4.69, 9.17) is 9.47 Å². The van der Waals surface area contributed by atoms with Gasteiger partial charge < -0.3 is 24.3 Å². The number of aromatic nitrogens is 5. The zero-order valence-electron chi connectivity index (χ0n) is 35.8. The van der Waals surface area contributed by atoms with E-state index in [0.717, 1.165) is 4.90 Å². The first-order valence-electron chi connectivity index (χ1n) is 21.0. The third-order valence-corrected chi connectivity index (χ3v) is 12.2. The number of pyridine rings is 1. The third-order valence-electron chi connectivity index (χ3n) is 10.9. The molecule has 3 aromatic heterocycles. The minimum Gasteiger partial charge on any atom is -0.457 e. The van der Waals surface area contributed by atoms with E-state index < -0.39 is 39.7 Å². The van der Waals surface area contributed by atoms with Crippen LogP contribution in [0.4, 0.5) is 11.4 Å². The van der Waals surface area contributed by atoms with Crippen molar-refractivity contribution in [2.45, 2.75) is 51.6 Å².